The summed E-state index contributed by atoms with van der Waals surface area (Å²) in [5.74, 6) is 1.01. The lowest BCUT2D eigenvalue weighted by Crippen LogP contribution is -2.32. The Morgan fingerprint density at radius 3 is 2.63 bits per heavy atom. The van der Waals surface area contributed by atoms with E-state index in [-0.39, 0.29) is 5.39 Å². The van der Waals surface area contributed by atoms with E-state index in [0.717, 1.165) is 19.4 Å². The Labute approximate surface area is 180 Å². The predicted molar refractivity (Wildman–Crippen MR) is 119 cm³/mol. The summed E-state index contributed by atoms with van der Waals surface area (Å²) in [6.07, 6.45) is 7.57. The maximum atomic E-state index is 14.0. The number of nitrogens with one attached hydrogen (secondary N) is 1. The third-order valence-corrected chi connectivity index (χ3v) is 6.98. The molecule has 1 saturated carbocycles. The molecule has 1 aliphatic heterocycles. The number of alkyl halides is 1. The molecule has 8 heteroatoms. The molecule has 2 aliphatic rings. The number of benzene rings is 1. The number of piperidine rings is 1. The van der Waals surface area contributed by atoms with Crippen LogP contribution in [0.25, 0.3) is 10.9 Å². The smallest absolute Gasteiger partial charge is 0.261 e. The minimum absolute atomic E-state index is 0.00721. The second kappa shape index (κ2) is 11.1. The fraction of sp³-hybridized carbons (Fsp3) is 0.636. The van der Waals surface area contributed by atoms with Gasteiger partial charge in [-0.15, -0.1) is 0 Å². The number of fused-ring (bicyclic) bond motifs is 1. The number of methoxy groups -OCH3 is 1. The van der Waals surface area contributed by atoms with Gasteiger partial charge in [-0.25, -0.2) is 13.8 Å². The van der Waals surface area contributed by atoms with Gasteiger partial charge in [-0.05, 0) is 39.3 Å². The number of ether oxygens (including phenoxy) is 1. The highest BCUT2D eigenvalue weighted by Crippen LogP contribution is 2.30. The molecule has 0 bridgehead atoms. The summed E-state index contributed by atoms with van der Waals surface area (Å²) in [6, 6.07) is 2.80. The summed E-state index contributed by atoms with van der Waals surface area (Å²) in [5.41, 5.74) is -0.0794. The number of thioether (sulfide) groups is 1. The molecular weight excluding hydrogens is 408 g/mol. The average molecular weight is 440 g/mol. The molecule has 2 heterocycles. The van der Waals surface area contributed by atoms with Gasteiger partial charge in [0.25, 0.3) is 5.56 Å². The molecule has 1 aromatic carbocycles. The van der Waals surface area contributed by atoms with Crippen LogP contribution in [0.1, 0.15) is 50.8 Å². The van der Waals surface area contributed by atoms with Crippen LogP contribution in [-0.2, 0) is 5.75 Å². The van der Waals surface area contributed by atoms with Crippen LogP contribution in [0.4, 0.5) is 8.78 Å². The van der Waals surface area contributed by atoms with Crippen LogP contribution in [0, 0.1) is 5.82 Å². The second-order valence-electron chi connectivity index (χ2n) is 8.09. The quantitative estimate of drug-likeness (QED) is 0.749. The molecule has 1 unspecified atom stereocenters. The topological polar surface area (TPSA) is 58.2 Å². The first kappa shape index (κ1) is 23.0. The number of aromatic amines is 1. The molecule has 30 heavy (non-hydrogen) atoms. The highest BCUT2D eigenvalue weighted by molar-refractivity contribution is 7.99. The molecule has 1 N–H and O–H groups in total. The van der Waals surface area contributed by atoms with Crippen molar-refractivity contribution in [3.63, 3.8) is 0 Å². The molecule has 5 nitrogen and oxygen atoms in total. The Morgan fingerprint density at radius 2 is 2.00 bits per heavy atom. The number of likely N-dealkylation sites (tertiary alicyclic amines) is 1. The maximum Gasteiger partial charge on any atom is 0.261 e. The van der Waals surface area contributed by atoms with Crippen LogP contribution in [0.2, 0.25) is 0 Å². The molecule has 1 aliphatic carbocycles. The van der Waals surface area contributed by atoms with E-state index in [1.54, 1.807) is 6.07 Å². The fourth-order valence-corrected chi connectivity index (χ4v) is 5.16. The van der Waals surface area contributed by atoms with Gasteiger partial charge in [0, 0.05) is 23.9 Å². The van der Waals surface area contributed by atoms with Crippen LogP contribution in [-0.4, -0.2) is 53.5 Å². The van der Waals surface area contributed by atoms with Gasteiger partial charge in [-0.1, -0.05) is 19.3 Å². The van der Waals surface area contributed by atoms with E-state index in [4.69, 9.17) is 4.74 Å². The number of hydrogen-bond acceptors (Lipinski definition) is 5. The first-order valence-electron chi connectivity index (χ1n) is 10.7. The van der Waals surface area contributed by atoms with Crippen molar-refractivity contribution in [1.82, 2.24) is 14.9 Å². The SMILES string of the molecule is CN1CCCC(F)C1.COc1cc(F)c2c(=O)[nH]c(CSC3CCCCC3)nc2c1. The predicted octanol–water partition coefficient (Wildman–Crippen LogP) is 4.69. The highest BCUT2D eigenvalue weighted by Gasteiger charge is 2.16. The van der Waals surface area contributed by atoms with Gasteiger partial charge in [-0.2, -0.15) is 11.8 Å². The molecule has 1 saturated heterocycles. The van der Waals surface area contributed by atoms with E-state index in [2.05, 4.69) is 9.97 Å². The Hall–Kier alpha value is -1.67. The van der Waals surface area contributed by atoms with Crippen molar-refractivity contribution in [2.75, 3.05) is 27.2 Å². The van der Waals surface area contributed by atoms with Crippen molar-refractivity contribution < 1.29 is 13.5 Å². The molecule has 1 atom stereocenters. The average Bonchev–Trinajstić information content (AvgIpc) is 2.72. The lowest BCUT2D eigenvalue weighted by atomic mass is 10.0. The van der Waals surface area contributed by atoms with E-state index in [1.807, 2.05) is 23.7 Å². The minimum Gasteiger partial charge on any atom is -0.497 e. The normalized spacial score (nSPS) is 20.6. The van der Waals surface area contributed by atoms with Gasteiger partial charge in [-0.3, -0.25) is 4.79 Å². The third-order valence-electron chi connectivity index (χ3n) is 5.59. The van der Waals surface area contributed by atoms with Gasteiger partial charge in [0.2, 0.25) is 0 Å². The molecule has 0 radical (unpaired) electrons. The molecular formula is C22H31F2N3O2S. The summed E-state index contributed by atoms with van der Waals surface area (Å²) < 4.78 is 31.4. The largest absolute Gasteiger partial charge is 0.497 e. The van der Waals surface area contributed by atoms with Crippen LogP contribution >= 0.6 is 11.8 Å². The molecule has 2 fully saturated rings. The number of hydrogen-bond donors (Lipinski definition) is 1. The van der Waals surface area contributed by atoms with E-state index < -0.39 is 17.5 Å². The van der Waals surface area contributed by atoms with Gasteiger partial charge < -0.3 is 14.6 Å². The first-order valence-corrected chi connectivity index (χ1v) is 11.7. The lowest BCUT2D eigenvalue weighted by molar-refractivity contribution is 0.163. The molecule has 166 valence electrons. The number of halogens is 2. The van der Waals surface area contributed by atoms with Crippen LogP contribution in [0.3, 0.4) is 0 Å². The Bertz CT molecular complexity index is 879. The summed E-state index contributed by atoms with van der Waals surface area (Å²) in [4.78, 5) is 21.2. The third kappa shape index (κ3) is 6.41. The molecule has 1 aromatic heterocycles. The van der Waals surface area contributed by atoms with E-state index in [9.17, 15) is 13.6 Å². The van der Waals surface area contributed by atoms with Gasteiger partial charge >= 0.3 is 0 Å². The zero-order valence-electron chi connectivity index (χ0n) is 17.8. The van der Waals surface area contributed by atoms with Crippen molar-refractivity contribution in [3.05, 3.63) is 34.1 Å². The maximum absolute atomic E-state index is 14.0. The highest BCUT2D eigenvalue weighted by atomic mass is 32.2. The Morgan fingerprint density at radius 1 is 1.23 bits per heavy atom. The summed E-state index contributed by atoms with van der Waals surface area (Å²) in [5, 5.41) is 0.629. The minimum atomic E-state index is -0.602. The molecule has 0 amide bonds. The fourth-order valence-electron chi connectivity index (χ4n) is 3.97. The van der Waals surface area contributed by atoms with Crippen molar-refractivity contribution >= 4 is 22.7 Å². The van der Waals surface area contributed by atoms with Crippen LogP contribution in [0.15, 0.2) is 16.9 Å². The molecule has 0 spiro atoms. The number of aromatic nitrogens is 2. The van der Waals surface area contributed by atoms with Gasteiger partial charge in [0.05, 0.1) is 18.4 Å². The Kier molecular flexibility index (Phi) is 8.50. The lowest BCUT2D eigenvalue weighted by Gasteiger charge is -2.24. The number of H-pyrrole nitrogens is 1. The van der Waals surface area contributed by atoms with Crippen LogP contribution < -0.4 is 10.3 Å². The van der Waals surface area contributed by atoms with Crippen molar-refractivity contribution in [2.24, 2.45) is 0 Å². The van der Waals surface area contributed by atoms with E-state index in [1.165, 1.54) is 45.3 Å². The summed E-state index contributed by atoms with van der Waals surface area (Å²) >= 11 is 1.82. The van der Waals surface area contributed by atoms with E-state index >= 15 is 0 Å². The molecule has 4 rings (SSSR count). The van der Waals surface area contributed by atoms with Gasteiger partial charge in [0.1, 0.15) is 28.9 Å². The molecule has 2 aromatic rings. The number of nitrogens with zero attached hydrogens (tertiary/aromatic N) is 2. The Balaban J connectivity index is 0.000000269. The summed E-state index contributed by atoms with van der Waals surface area (Å²) in [7, 11) is 3.43. The summed E-state index contributed by atoms with van der Waals surface area (Å²) in [6.45, 7) is 1.71. The first-order chi connectivity index (χ1) is 14.5. The monoisotopic (exact) mass is 439 g/mol. The number of rotatable bonds is 4. The van der Waals surface area contributed by atoms with E-state index in [0.29, 0.717) is 34.6 Å². The zero-order chi connectivity index (χ0) is 21.5. The van der Waals surface area contributed by atoms with Gasteiger partial charge in [0.15, 0.2) is 0 Å². The van der Waals surface area contributed by atoms with Crippen molar-refractivity contribution in [3.8, 4) is 5.75 Å². The van der Waals surface area contributed by atoms with Crippen molar-refractivity contribution in [1.29, 1.82) is 0 Å². The second-order valence-corrected chi connectivity index (χ2v) is 9.38. The standard InChI is InChI=1S/C16H19FN2O2S.C6H12FN/c1-21-10-7-12(17)15-13(8-10)18-14(19-16(15)20)9-22-11-5-3-2-4-6-11;1-8-4-2-3-6(7)5-8/h7-8,11H,2-6,9H2,1H3,(H,18,19,20);6H,2-5H2,1H3. The zero-order valence-corrected chi connectivity index (χ0v) is 18.6. The van der Waals surface area contributed by atoms with Crippen molar-refractivity contribution in [2.45, 2.75) is 62.1 Å². The van der Waals surface area contributed by atoms with Crippen LogP contribution in [0.5, 0.6) is 5.75 Å².